The van der Waals surface area contributed by atoms with Crippen molar-refractivity contribution in [2.45, 2.75) is 38.6 Å². The highest BCUT2D eigenvalue weighted by Crippen LogP contribution is 2.26. The van der Waals surface area contributed by atoms with E-state index in [2.05, 4.69) is 28.9 Å². The number of hydrogen-bond acceptors (Lipinski definition) is 5. The minimum Gasteiger partial charge on any atom is -0.475 e. The molecule has 1 fully saturated rings. The summed E-state index contributed by atoms with van der Waals surface area (Å²) >= 11 is 0. The Morgan fingerprint density at radius 3 is 2.94 bits per heavy atom. The summed E-state index contributed by atoms with van der Waals surface area (Å²) in [7, 11) is 0. The summed E-state index contributed by atoms with van der Waals surface area (Å²) in [5, 5.41) is 12.2. The van der Waals surface area contributed by atoms with Crippen molar-refractivity contribution in [2.24, 2.45) is 0 Å². The van der Waals surface area contributed by atoms with Gasteiger partial charge in [0.1, 0.15) is 0 Å². The van der Waals surface area contributed by atoms with Crippen LogP contribution in [0.5, 0.6) is 0 Å². The van der Waals surface area contributed by atoms with Crippen molar-refractivity contribution in [3.8, 4) is 0 Å². The average molecular weight is 239 g/mol. The van der Waals surface area contributed by atoms with Gasteiger partial charge in [0.05, 0.1) is 5.92 Å². The lowest BCUT2D eigenvalue weighted by atomic mass is 9.97. The van der Waals surface area contributed by atoms with E-state index >= 15 is 0 Å². The molecule has 2 rings (SSSR count). The first-order valence-electron chi connectivity index (χ1n) is 5.89. The van der Waals surface area contributed by atoms with E-state index in [1.54, 1.807) is 0 Å². The molecule has 1 saturated heterocycles. The van der Waals surface area contributed by atoms with E-state index in [1.165, 1.54) is 0 Å². The number of aromatic carboxylic acids is 1. The molecule has 1 unspecified atom stereocenters. The van der Waals surface area contributed by atoms with Crippen molar-refractivity contribution in [3.05, 3.63) is 11.7 Å². The summed E-state index contributed by atoms with van der Waals surface area (Å²) in [4.78, 5) is 16.9. The molecule has 17 heavy (non-hydrogen) atoms. The lowest BCUT2D eigenvalue weighted by Crippen LogP contribution is -2.39. The molecular weight excluding hydrogens is 222 g/mol. The van der Waals surface area contributed by atoms with E-state index in [4.69, 9.17) is 9.63 Å². The van der Waals surface area contributed by atoms with Gasteiger partial charge in [-0.15, -0.1) is 0 Å². The monoisotopic (exact) mass is 239 g/mol. The number of piperidine rings is 1. The van der Waals surface area contributed by atoms with Crippen molar-refractivity contribution in [1.29, 1.82) is 0 Å². The number of hydrogen-bond donors (Lipinski definition) is 1. The maximum absolute atomic E-state index is 10.7. The average Bonchev–Trinajstić information content (AvgIpc) is 2.78. The number of carboxylic acid groups (broad SMARTS) is 1. The lowest BCUT2D eigenvalue weighted by Gasteiger charge is -2.33. The van der Waals surface area contributed by atoms with Gasteiger partial charge < -0.3 is 14.5 Å². The first-order valence-corrected chi connectivity index (χ1v) is 5.89. The van der Waals surface area contributed by atoms with Crippen molar-refractivity contribution < 1.29 is 14.4 Å². The van der Waals surface area contributed by atoms with Gasteiger partial charge in [-0.05, 0) is 38.4 Å². The molecule has 0 aliphatic carbocycles. The third-order valence-corrected chi connectivity index (χ3v) is 3.17. The molecule has 1 aliphatic rings. The molecule has 0 radical (unpaired) electrons. The molecule has 6 nitrogen and oxygen atoms in total. The van der Waals surface area contributed by atoms with Gasteiger partial charge in [0.15, 0.2) is 0 Å². The fraction of sp³-hybridized carbons (Fsp3) is 0.727. The Balaban J connectivity index is 2.08. The Hall–Kier alpha value is -1.43. The zero-order chi connectivity index (χ0) is 12.4. The highest BCUT2D eigenvalue weighted by molar-refractivity contribution is 5.82. The van der Waals surface area contributed by atoms with Crippen LogP contribution >= 0.6 is 0 Å². The minimum atomic E-state index is -1.14. The first kappa shape index (κ1) is 12.0. The largest absolute Gasteiger partial charge is 0.475 e. The van der Waals surface area contributed by atoms with E-state index in [0.717, 1.165) is 25.9 Å². The second-order valence-electron chi connectivity index (χ2n) is 4.69. The number of aromatic nitrogens is 2. The standard InChI is InChI=1S/C11H17N3O3/c1-7(2)14-5-3-4-8(6-14)10-12-9(11(15)16)13-17-10/h7-8H,3-6H2,1-2H3,(H,15,16). The van der Waals surface area contributed by atoms with Crippen LogP contribution in [0.3, 0.4) is 0 Å². The van der Waals surface area contributed by atoms with Gasteiger partial charge in [0.2, 0.25) is 5.89 Å². The SMILES string of the molecule is CC(C)N1CCCC(c2nc(C(=O)O)no2)C1. The highest BCUT2D eigenvalue weighted by atomic mass is 16.5. The molecular formula is C11H17N3O3. The van der Waals surface area contributed by atoms with Crippen LogP contribution in [0.4, 0.5) is 0 Å². The molecule has 0 spiro atoms. The number of likely N-dealkylation sites (tertiary alicyclic amines) is 1. The van der Waals surface area contributed by atoms with Crippen LogP contribution in [0.2, 0.25) is 0 Å². The van der Waals surface area contributed by atoms with E-state index < -0.39 is 5.97 Å². The van der Waals surface area contributed by atoms with Gasteiger partial charge >= 0.3 is 5.97 Å². The molecule has 0 bridgehead atoms. The van der Waals surface area contributed by atoms with Crippen molar-refractivity contribution in [2.75, 3.05) is 13.1 Å². The predicted molar refractivity (Wildman–Crippen MR) is 59.9 cm³/mol. The van der Waals surface area contributed by atoms with E-state index in [1.807, 2.05) is 0 Å². The summed E-state index contributed by atoms with van der Waals surface area (Å²) in [5.41, 5.74) is 0. The van der Waals surface area contributed by atoms with Gasteiger partial charge in [0, 0.05) is 12.6 Å². The lowest BCUT2D eigenvalue weighted by molar-refractivity contribution is 0.0680. The van der Waals surface area contributed by atoms with Gasteiger partial charge in [-0.2, -0.15) is 4.98 Å². The van der Waals surface area contributed by atoms with Crippen LogP contribution in [0.25, 0.3) is 0 Å². The van der Waals surface area contributed by atoms with Crippen molar-refractivity contribution in [1.82, 2.24) is 15.0 Å². The van der Waals surface area contributed by atoms with E-state index in [-0.39, 0.29) is 11.7 Å². The molecule has 0 saturated carbocycles. The number of carbonyl (C=O) groups is 1. The van der Waals surface area contributed by atoms with Crippen molar-refractivity contribution >= 4 is 5.97 Å². The van der Waals surface area contributed by atoms with Gasteiger partial charge in [0.25, 0.3) is 5.82 Å². The zero-order valence-electron chi connectivity index (χ0n) is 10.1. The molecule has 0 amide bonds. The topological polar surface area (TPSA) is 79.5 Å². The Morgan fingerprint density at radius 2 is 2.35 bits per heavy atom. The maximum atomic E-state index is 10.7. The number of nitrogens with zero attached hydrogens (tertiary/aromatic N) is 3. The van der Waals surface area contributed by atoms with Gasteiger partial charge in [-0.3, -0.25) is 0 Å². The Bertz CT molecular complexity index is 402. The van der Waals surface area contributed by atoms with Gasteiger partial charge in [-0.1, -0.05) is 0 Å². The van der Waals surface area contributed by atoms with Crippen LogP contribution in [0.15, 0.2) is 4.52 Å². The molecule has 2 heterocycles. The second-order valence-corrected chi connectivity index (χ2v) is 4.69. The first-order chi connectivity index (χ1) is 8.08. The van der Waals surface area contributed by atoms with Crippen LogP contribution in [-0.2, 0) is 0 Å². The molecule has 1 aromatic heterocycles. The summed E-state index contributed by atoms with van der Waals surface area (Å²) in [6, 6.07) is 0.486. The Kier molecular flexibility index (Phi) is 3.42. The van der Waals surface area contributed by atoms with Crippen LogP contribution in [0.1, 0.15) is 49.1 Å². The molecule has 6 heteroatoms. The molecule has 1 N–H and O–H groups in total. The number of rotatable bonds is 3. The predicted octanol–water partition coefficient (Wildman–Crippen LogP) is 1.36. The molecule has 1 aliphatic heterocycles. The maximum Gasteiger partial charge on any atom is 0.377 e. The molecule has 1 atom stereocenters. The summed E-state index contributed by atoms with van der Waals surface area (Å²) in [5.74, 6) is -0.780. The van der Waals surface area contributed by atoms with Crippen LogP contribution in [0, 0.1) is 0 Å². The molecule has 1 aromatic rings. The Morgan fingerprint density at radius 1 is 1.59 bits per heavy atom. The Labute approximate surface area is 99.6 Å². The summed E-state index contributed by atoms with van der Waals surface area (Å²) < 4.78 is 5.02. The summed E-state index contributed by atoms with van der Waals surface area (Å²) in [6.07, 6.45) is 2.05. The van der Waals surface area contributed by atoms with Crippen LogP contribution in [-0.4, -0.2) is 45.2 Å². The van der Waals surface area contributed by atoms with Crippen LogP contribution < -0.4 is 0 Å². The summed E-state index contributed by atoms with van der Waals surface area (Å²) in [6.45, 7) is 6.24. The third-order valence-electron chi connectivity index (χ3n) is 3.17. The zero-order valence-corrected chi connectivity index (χ0v) is 10.1. The third kappa shape index (κ3) is 2.63. The minimum absolute atomic E-state index is 0.159. The van der Waals surface area contributed by atoms with E-state index in [9.17, 15) is 4.79 Å². The molecule has 0 aromatic carbocycles. The van der Waals surface area contributed by atoms with Gasteiger partial charge in [-0.25, -0.2) is 4.79 Å². The highest BCUT2D eigenvalue weighted by Gasteiger charge is 2.27. The smallest absolute Gasteiger partial charge is 0.377 e. The normalized spacial score (nSPS) is 21.9. The number of carboxylic acids is 1. The fourth-order valence-electron chi connectivity index (χ4n) is 2.16. The molecule has 94 valence electrons. The van der Waals surface area contributed by atoms with E-state index in [0.29, 0.717) is 11.9 Å². The second kappa shape index (κ2) is 4.83. The fourth-order valence-corrected chi connectivity index (χ4v) is 2.16. The van der Waals surface area contributed by atoms with Crippen molar-refractivity contribution in [3.63, 3.8) is 0 Å². The quantitative estimate of drug-likeness (QED) is 0.857.